The van der Waals surface area contributed by atoms with Gasteiger partial charge in [0.15, 0.2) is 0 Å². The number of nitrogens with zero attached hydrogens (tertiary/aromatic N) is 3. The molecule has 1 aromatic heterocycles. The Kier molecular flexibility index (Phi) is 6.04. The molecule has 7 nitrogen and oxygen atoms in total. The van der Waals surface area contributed by atoms with E-state index in [-0.39, 0.29) is 23.2 Å². The molecule has 1 atom stereocenters. The van der Waals surface area contributed by atoms with Gasteiger partial charge in [0.05, 0.1) is 11.0 Å². The molecule has 1 aliphatic heterocycles. The number of carbonyl (C=O) groups is 1. The monoisotopic (exact) mass is 416 g/mol. The predicted molar refractivity (Wildman–Crippen MR) is 118 cm³/mol. The number of nitrogens with one attached hydrogen (secondary N) is 1. The van der Waals surface area contributed by atoms with Crippen LogP contribution in [0.15, 0.2) is 67.0 Å². The topological polar surface area (TPSA) is 88.4 Å². The highest BCUT2D eigenvalue weighted by Crippen LogP contribution is 2.27. The van der Waals surface area contributed by atoms with Crippen molar-refractivity contribution in [3.63, 3.8) is 0 Å². The summed E-state index contributed by atoms with van der Waals surface area (Å²) in [7, 11) is 0. The maximum absolute atomic E-state index is 12.8. The molecule has 0 radical (unpaired) electrons. The van der Waals surface area contributed by atoms with Gasteiger partial charge in [-0.15, -0.1) is 0 Å². The van der Waals surface area contributed by atoms with Crippen LogP contribution in [0.1, 0.15) is 38.7 Å². The maximum atomic E-state index is 12.8. The van der Waals surface area contributed by atoms with E-state index in [0.29, 0.717) is 12.1 Å². The molecule has 0 saturated carbocycles. The van der Waals surface area contributed by atoms with Crippen LogP contribution in [0.2, 0.25) is 0 Å². The maximum Gasteiger partial charge on any atom is 0.273 e. The van der Waals surface area contributed by atoms with Crippen molar-refractivity contribution in [2.75, 3.05) is 13.1 Å². The van der Waals surface area contributed by atoms with Crippen molar-refractivity contribution in [1.82, 2.24) is 15.2 Å². The molecule has 0 bridgehead atoms. The van der Waals surface area contributed by atoms with Crippen LogP contribution in [0.4, 0.5) is 5.69 Å². The third-order valence-electron chi connectivity index (χ3n) is 5.79. The largest absolute Gasteiger partial charge is 0.350 e. The Morgan fingerprint density at radius 2 is 2.00 bits per heavy atom. The van der Waals surface area contributed by atoms with Crippen molar-refractivity contribution in [2.24, 2.45) is 0 Å². The lowest BCUT2D eigenvalue weighted by atomic mass is 9.97. The Hall–Kier alpha value is -3.58. The van der Waals surface area contributed by atoms with Crippen LogP contribution in [0.25, 0.3) is 0 Å². The Balaban J connectivity index is 1.53. The average Bonchev–Trinajstić information content (AvgIpc) is 2.80. The molecule has 0 saturated heterocycles. The normalized spacial score (nSPS) is 14.5. The minimum absolute atomic E-state index is 0.0496. The molecule has 1 amide bonds. The lowest BCUT2D eigenvalue weighted by Gasteiger charge is -2.36. The predicted octanol–water partition coefficient (Wildman–Crippen LogP) is 3.83. The molecule has 0 spiro atoms. The van der Waals surface area contributed by atoms with Gasteiger partial charge in [-0.1, -0.05) is 36.4 Å². The van der Waals surface area contributed by atoms with Crippen molar-refractivity contribution < 1.29 is 9.72 Å². The van der Waals surface area contributed by atoms with Crippen LogP contribution < -0.4 is 5.32 Å². The van der Waals surface area contributed by atoms with Gasteiger partial charge in [-0.05, 0) is 42.2 Å². The van der Waals surface area contributed by atoms with Gasteiger partial charge in [0.1, 0.15) is 0 Å². The number of hydrogen-bond acceptors (Lipinski definition) is 5. The standard InChI is InChI=1S/C24H24N4O3/c1-17-8-9-19(13-22(17)28(30)31)24(29)26-15-23(20-7-4-11-25-14-20)27-12-10-18-5-2-3-6-21(18)16-27/h2-9,11,13-14,23H,10,12,15-16H2,1H3,(H,26,29)/t23-/m0/s1. The summed E-state index contributed by atoms with van der Waals surface area (Å²) in [4.78, 5) is 30.1. The van der Waals surface area contributed by atoms with Crippen molar-refractivity contribution >= 4 is 11.6 Å². The molecule has 1 aliphatic rings. The number of pyridine rings is 1. The fourth-order valence-corrected chi connectivity index (χ4v) is 4.05. The highest BCUT2D eigenvalue weighted by molar-refractivity contribution is 5.95. The lowest BCUT2D eigenvalue weighted by Crippen LogP contribution is -2.40. The number of carbonyl (C=O) groups excluding carboxylic acids is 1. The third kappa shape index (κ3) is 4.62. The van der Waals surface area contributed by atoms with Crippen molar-refractivity contribution in [2.45, 2.75) is 25.9 Å². The van der Waals surface area contributed by atoms with Gasteiger partial charge in [0.2, 0.25) is 0 Å². The quantitative estimate of drug-likeness (QED) is 0.487. The molecule has 0 unspecified atom stereocenters. The summed E-state index contributed by atoms with van der Waals surface area (Å²) in [6, 6.07) is 16.8. The first kappa shape index (κ1) is 20.7. The third-order valence-corrected chi connectivity index (χ3v) is 5.79. The zero-order chi connectivity index (χ0) is 21.8. The summed E-state index contributed by atoms with van der Waals surface area (Å²) in [6.07, 6.45) is 4.51. The van der Waals surface area contributed by atoms with E-state index in [9.17, 15) is 14.9 Å². The van der Waals surface area contributed by atoms with E-state index in [2.05, 4.69) is 33.4 Å². The SMILES string of the molecule is Cc1ccc(C(=O)NC[C@@H](c2cccnc2)N2CCc3ccccc3C2)cc1[N+](=O)[O-]. The molecule has 0 fully saturated rings. The molecule has 2 aromatic carbocycles. The Morgan fingerprint density at radius 3 is 2.74 bits per heavy atom. The number of nitro groups is 1. The summed E-state index contributed by atoms with van der Waals surface area (Å²) >= 11 is 0. The van der Waals surface area contributed by atoms with Crippen molar-refractivity contribution in [1.29, 1.82) is 0 Å². The summed E-state index contributed by atoms with van der Waals surface area (Å²) in [5.41, 5.74) is 4.44. The Labute approximate surface area is 180 Å². The number of fused-ring (bicyclic) bond motifs is 1. The van der Waals surface area contributed by atoms with Gasteiger partial charge in [-0.25, -0.2) is 0 Å². The Bertz CT molecular complexity index is 1100. The van der Waals surface area contributed by atoms with E-state index in [1.807, 2.05) is 24.4 Å². The molecule has 7 heteroatoms. The number of benzene rings is 2. The van der Waals surface area contributed by atoms with Crippen LogP contribution in [0.3, 0.4) is 0 Å². The van der Waals surface area contributed by atoms with Crippen molar-refractivity contribution in [3.05, 3.63) is 105 Å². The molecule has 0 aliphatic carbocycles. The van der Waals surface area contributed by atoms with Crippen LogP contribution in [0.5, 0.6) is 0 Å². The minimum Gasteiger partial charge on any atom is -0.350 e. The highest BCUT2D eigenvalue weighted by Gasteiger charge is 2.26. The molecule has 1 N–H and O–H groups in total. The van der Waals surface area contributed by atoms with Gasteiger partial charge in [0.25, 0.3) is 11.6 Å². The number of aryl methyl sites for hydroxylation is 1. The molecular formula is C24H24N4O3. The van der Waals surface area contributed by atoms with Gasteiger partial charge in [-0.2, -0.15) is 0 Å². The second-order valence-electron chi connectivity index (χ2n) is 7.76. The van der Waals surface area contributed by atoms with E-state index < -0.39 is 4.92 Å². The van der Waals surface area contributed by atoms with Crippen LogP contribution >= 0.6 is 0 Å². The van der Waals surface area contributed by atoms with Gasteiger partial charge >= 0.3 is 0 Å². The lowest BCUT2D eigenvalue weighted by molar-refractivity contribution is -0.385. The molecule has 31 heavy (non-hydrogen) atoms. The molecule has 158 valence electrons. The smallest absolute Gasteiger partial charge is 0.273 e. The number of aromatic nitrogens is 1. The van der Waals surface area contributed by atoms with Crippen molar-refractivity contribution in [3.8, 4) is 0 Å². The van der Waals surface area contributed by atoms with Crippen LogP contribution in [0, 0.1) is 17.0 Å². The average molecular weight is 416 g/mol. The van der Waals surface area contributed by atoms with E-state index in [4.69, 9.17) is 0 Å². The number of hydrogen-bond donors (Lipinski definition) is 1. The van der Waals surface area contributed by atoms with Gasteiger partial charge < -0.3 is 5.32 Å². The number of amides is 1. The molecule has 4 rings (SSSR count). The fourth-order valence-electron chi connectivity index (χ4n) is 4.05. The zero-order valence-electron chi connectivity index (χ0n) is 17.3. The van der Waals surface area contributed by atoms with Crippen LogP contribution in [-0.2, 0) is 13.0 Å². The number of rotatable bonds is 6. The molecular weight excluding hydrogens is 392 g/mol. The first-order valence-corrected chi connectivity index (χ1v) is 10.3. The van der Waals surface area contributed by atoms with Crippen LogP contribution in [-0.4, -0.2) is 33.8 Å². The summed E-state index contributed by atoms with van der Waals surface area (Å²) in [6.45, 7) is 3.71. The fraction of sp³-hybridized carbons (Fsp3) is 0.250. The van der Waals surface area contributed by atoms with E-state index in [0.717, 1.165) is 25.1 Å². The number of nitro benzene ring substituents is 1. The second-order valence-corrected chi connectivity index (χ2v) is 7.76. The van der Waals surface area contributed by atoms with Gasteiger partial charge in [-0.3, -0.25) is 24.8 Å². The summed E-state index contributed by atoms with van der Waals surface area (Å²) < 4.78 is 0. The van der Waals surface area contributed by atoms with E-state index in [1.54, 1.807) is 25.3 Å². The van der Waals surface area contributed by atoms with Gasteiger partial charge in [0, 0.05) is 49.2 Å². The first-order chi connectivity index (χ1) is 15.0. The second kappa shape index (κ2) is 9.06. The van der Waals surface area contributed by atoms with E-state index >= 15 is 0 Å². The zero-order valence-corrected chi connectivity index (χ0v) is 17.3. The minimum atomic E-state index is -0.463. The molecule has 3 aromatic rings. The highest BCUT2D eigenvalue weighted by atomic mass is 16.6. The summed E-state index contributed by atoms with van der Waals surface area (Å²) in [5, 5.41) is 14.2. The summed E-state index contributed by atoms with van der Waals surface area (Å²) in [5.74, 6) is -0.325. The molecule has 2 heterocycles. The van der Waals surface area contributed by atoms with E-state index in [1.165, 1.54) is 17.2 Å². The Morgan fingerprint density at radius 1 is 1.19 bits per heavy atom. The first-order valence-electron chi connectivity index (χ1n) is 10.3.